The van der Waals surface area contributed by atoms with Gasteiger partial charge in [0.25, 0.3) is 5.17 Å². The van der Waals surface area contributed by atoms with Crippen molar-refractivity contribution in [2.24, 2.45) is 0 Å². The van der Waals surface area contributed by atoms with Crippen molar-refractivity contribution in [1.82, 2.24) is 5.32 Å². The highest BCUT2D eigenvalue weighted by molar-refractivity contribution is 7.80. The summed E-state index contributed by atoms with van der Waals surface area (Å²) in [5.74, 6) is -1.05. The number of nitrogens with one attached hydrogen (secondary N) is 1. The van der Waals surface area contributed by atoms with Gasteiger partial charge in [-0.3, -0.25) is 14.7 Å². The number of urea groups is 1. The van der Waals surface area contributed by atoms with E-state index in [4.69, 9.17) is 21.7 Å². The second-order valence-electron chi connectivity index (χ2n) is 8.15. The molecule has 0 unspecified atom stereocenters. The van der Waals surface area contributed by atoms with E-state index in [2.05, 4.69) is 5.32 Å². The highest BCUT2D eigenvalue weighted by Gasteiger charge is 2.35. The number of hydrogen-bond acceptors (Lipinski definition) is 5. The zero-order chi connectivity index (χ0) is 24.4. The Bertz CT molecular complexity index is 1100. The molecule has 0 spiro atoms. The number of ether oxygens (including phenoxy) is 2. The summed E-state index contributed by atoms with van der Waals surface area (Å²) >= 11 is 5.07. The van der Waals surface area contributed by atoms with Crippen LogP contribution >= 0.6 is 12.2 Å². The number of cyclic esters (lactones) is 1. The molecule has 11 heteroatoms. The molecule has 0 radical (unpaired) electrons. The first kappa shape index (κ1) is 23.7. The summed E-state index contributed by atoms with van der Waals surface area (Å²) in [7, 11) is 0. The van der Waals surface area contributed by atoms with Crippen LogP contribution in [0.2, 0.25) is 0 Å². The van der Waals surface area contributed by atoms with Crippen molar-refractivity contribution >= 4 is 46.6 Å². The first-order valence-electron chi connectivity index (χ1n) is 10.8. The van der Waals surface area contributed by atoms with Crippen LogP contribution in [-0.4, -0.2) is 55.7 Å². The lowest BCUT2D eigenvalue weighted by molar-refractivity contribution is 0.140. The zero-order valence-electron chi connectivity index (χ0n) is 18.7. The van der Waals surface area contributed by atoms with Crippen molar-refractivity contribution in [3.05, 3.63) is 54.1 Å². The quantitative estimate of drug-likeness (QED) is 0.617. The smallest absolute Gasteiger partial charge is 0.414 e. The molecule has 2 heterocycles. The fourth-order valence-corrected chi connectivity index (χ4v) is 4.07. The summed E-state index contributed by atoms with van der Waals surface area (Å²) in [4.78, 5) is 29.3. The van der Waals surface area contributed by atoms with E-state index in [9.17, 15) is 14.0 Å². The molecule has 0 aromatic heterocycles. The van der Waals surface area contributed by atoms with Crippen LogP contribution in [0.5, 0.6) is 0 Å². The number of nitrogens with zero attached hydrogens (tertiary/aromatic N) is 3. The maximum atomic E-state index is 15.0. The van der Waals surface area contributed by atoms with Crippen LogP contribution in [0.3, 0.4) is 0 Å². The first-order chi connectivity index (χ1) is 16.2. The maximum absolute atomic E-state index is 15.0. The topological polar surface area (TPSA) is 74.4 Å². The molecule has 34 heavy (non-hydrogen) atoms. The number of carbonyl (C=O) groups is 2. The van der Waals surface area contributed by atoms with Crippen LogP contribution in [0.1, 0.15) is 13.8 Å². The average molecular weight is 491 g/mol. The Labute approximate surface area is 201 Å². The molecule has 0 bridgehead atoms. The number of amides is 3. The van der Waals surface area contributed by atoms with E-state index in [1.54, 1.807) is 6.07 Å². The Kier molecular flexibility index (Phi) is 6.82. The lowest BCUT2D eigenvalue weighted by Crippen LogP contribution is -2.35. The molecule has 180 valence electrons. The second-order valence-corrected chi connectivity index (χ2v) is 8.52. The van der Waals surface area contributed by atoms with E-state index in [1.165, 1.54) is 51.1 Å². The fraction of sp³-hybridized carbons (Fsp3) is 0.348. The van der Waals surface area contributed by atoms with E-state index in [1.807, 2.05) is 13.8 Å². The van der Waals surface area contributed by atoms with Gasteiger partial charge in [0.2, 0.25) is 0 Å². The van der Waals surface area contributed by atoms with Gasteiger partial charge in [0.1, 0.15) is 17.7 Å². The van der Waals surface area contributed by atoms with Gasteiger partial charge in [-0.15, -0.1) is 0 Å². The Hall–Kier alpha value is -3.47. The van der Waals surface area contributed by atoms with Crippen LogP contribution in [0, 0.1) is 11.6 Å². The molecule has 8 nitrogen and oxygen atoms in total. The average Bonchev–Trinajstić information content (AvgIpc) is 3.35. The number of thiocarbonyl (C=S) groups is 1. The molecule has 2 saturated heterocycles. The Morgan fingerprint density at radius 1 is 1.09 bits per heavy atom. The van der Waals surface area contributed by atoms with Gasteiger partial charge in [0, 0.05) is 18.8 Å². The molecule has 2 fully saturated rings. The van der Waals surface area contributed by atoms with Crippen molar-refractivity contribution in [2.45, 2.75) is 26.1 Å². The molecule has 2 aromatic rings. The van der Waals surface area contributed by atoms with Crippen LogP contribution in [-0.2, 0) is 9.47 Å². The predicted octanol–water partition coefficient (Wildman–Crippen LogP) is 4.04. The molecule has 2 aliphatic rings. The van der Waals surface area contributed by atoms with E-state index < -0.39 is 29.9 Å². The molecule has 2 aliphatic heterocycles. The number of carbonyl (C=O) groups excluding carboxylic acids is 2. The third-order valence-corrected chi connectivity index (χ3v) is 5.61. The van der Waals surface area contributed by atoms with Gasteiger partial charge in [-0.05, 0) is 68.5 Å². The molecular formula is C23H24F2N4O4S. The van der Waals surface area contributed by atoms with Gasteiger partial charge < -0.3 is 14.8 Å². The van der Waals surface area contributed by atoms with Crippen LogP contribution < -0.4 is 20.0 Å². The molecule has 4 rings (SSSR count). The van der Waals surface area contributed by atoms with Crippen molar-refractivity contribution in [1.29, 1.82) is 0 Å². The SMILES string of the molecule is CC(C)OC(=S)NC[C@H]1CN(c2ccc(N3CCN(c4ccc(F)cc4)C3=O)c(F)c2)C(=O)O1. The van der Waals surface area contributed by atoms with Gasteiger partial charge in [-0.2, -0.15) is 0 Å². The lowest BCUT2D eigenvalue weighted by Gasteiger charge is -2.20. The molecule has 3 amide bonds. The van der Waals surface area contributed by atoms with E-state index in [0.717, 1.165) is 0 Å². The highest BCUT2D eigenvalue weighted by atomic mass is 32.1. The second kappa shape index (κ2) is 9.80. The summed E-state index contributed by atoms with van der Waals surface area (Å²) in [5, 5.41) is 3.11. The number of benzene rings is 2. The summed E-state index contributed by atoms with van der Waals surface area (Å²) in [6.07, 6.45) is -1.17. The zero-order valence-corrected chi connectivity index (χ0v) is 19.5. The number of halogens is 2. The van der Waals surface area contributed by atoms with E-state index >= 15 is 4.39 Å². The molecular weight excluding hydrogens is 466 g/mol. The third kappa shape index (κ3) is 5.04. The minimum Gasteiger partial charge on any atom is -0.468 e. The molecule has 1 atom stereocenters. The number of rotatable bonds is 6. The summed E-state index contributed by atoms with van der Waals surface area (Å²) < 4.78 is 38.9. The highest BCUT2D eigenvalue weighted by Crippen LogP contribution is 2.31. The number of hydrogen-bond donors (Lipinski definition) is 1. The molecule has 0 aliphatic carbocycles. The normalized spacial score (nSPS) is 18.0. The molecule has 1 N–H and O–H groups in total. The van der Waals surface area contributed by atoms with Crippen LogP contribution in [0.4, 0.5) is 35.4 Å². The largest absolute Gasteiger partial charge is 0.468 e. The minimum absolute atomic E-state index is 0.0747. The molecule has 0 saturated carbocycles. The maximum Gasteiger partial charge on any atom is 0.414 e. The van der Waals surface area contributed by atoms with Crippen molar-refractivity contribution in [3.8, 4) is 0 Å². The van der Waals surface area contributed by atoms with Crippen molar-refractivity contribution < 1.29 is 27.8 Å². The van der Waals surface area contributed by atoms with Crippen LogP contribution in [0.25, 0.3) is 0 Å². The monoisotopic (exact) mass is 490 g/mol. The Morgan fingerprint density at radius 2 is 1.76 bits per heavy atom. The minimum atomic E-state index is -0.646. The third-order valence-electron chi connectivity index (χ3n) is 5.37. The standard InChI is InChI=1S/C23H24F2N4O4S/c1-14(2)32-21(34)26-12-18-13-29(23(31)33-18)17-7-8-20(19(25)11-17)28-10-9-27(22(28)30)16-5-3-15(24)4-6-16/h3-8,11,14,18H,9-10,12-13H2,1-2H3,(H,26,34)/t18-/m0/s1. The van der Waals surface area contributed by atoms with Crippen molar-refractivity contribution in [2.75, 3.05) is 40.9 Å². The summed E-state index contributed by atoms with van der Waals surface area (Å²) in [5.41, 5.74) is 0.945. The van der Waals surface area contributed by atoms with Gasteiger partial charge in [-0.1, -0.05) is 0 Å². The van der Waals surface area contributed by atoms with E-state index in [0.29, 0.717) is 17.9 Å². The van der Waals surface area contributed by atoms with Crippen LogP contribution in [0.15, 0.2) is 42.5 Å². The van der Waals surface area contributed by atoms with E-state index in [-0.39, 0.29) is 36.6 Å². The Balaban J connectivity index is 1.41. The molecule has 2 aromatic carbocycles. The lowest BCUT2D eigenvalue weighted by atomic mass is 10.2. The van der Waals surface area contributed by atoms with Crippen molar-refractivity contribution in [3.63, 3.8) is 0 Å². The fourth-order valence-electron chi connectivity index (χ4n) is 3.80. The predicted molar refractivity (Wildman–Crippen MR) is 127 cm³/mol. The van der Waals surface area contributed by atoms with Gasteiger partial charge in [-0.25, -0.2) is 18.4 Å². The van der Waals surface area contributed by atoms with Gasteiger partial charge in [0.05, 0.1) is 30.6 Å². The van der Waals surface area contributed by atoms with Gasteiger partial charge in [0.15, 0.2) is 0 Å². The number of anilines is 3. The first-order valence-corrected chi connectivity index (χ1v) is 11.2. The Morgan fingerprint density at radius 3 is 2.44 bits per heavy atom. The summed E-state index contributed by atoms with van der Waals surface area (Å²) in [6.45, 7) is 4.76. The van der Waals surface area contributed by atoms with Gasteiger partial charge >= 0.3 is 12.1 Å². The summed E-state index contributed by atoms with van der Waals surface area (Å²) in [6, 6.07) is 9.35.